The van der Waals surface area contributed by atoms with Gasteiger partial charge in [-0.1, -0.05) is 17.7 Å². The molecule has 1 atom stereocenters. The molecule has 0 saturated carbocycles. The number of nitrogen functional groups attached to an aromatic ring is 1. The van der Waals surface area contributed by atoms with E-state index >= 15 is 0 Å². The molecular formula is C14H13ClFNO2S. The summed E-state index contributed by atoms with van der Waals surface area (Å²) in [6.07, 6.45) is 0. The van der Waals surface area contributed by atoms with Crippen molar-refractivity contribution in [3.8, 4) is 5.75 Å². The third kappa shape index (κ3) is 3.29. The number of hydrogen-bond acceptors (Lipinski definition) is 3. The number of benzene rings is 2. The highest BCUT2D eigenvalue weighted by Gasteiger charge is 2.14. The van der Waals surface area contributed by atoms with Gasteiger partial charge in [-0.25, -0.2) is 4.39 Å². The lowest BCUT2D eigenvalue weighted by molar-refractivity contribution is 0.404. The second kappa shape index (κ2) is 6.24. The van der Waals surface area contributed by atoms with Crippen LogP contribution in [0.25, 0.3) is 0 Å². The first kappa shape index (κ1) is 14.8. The number of halogens is 2. The Kier molecular flexibility index (Phi) is 4.62. The number of ether oxygens (including phenoxy) is 1. The first-order valence-electron chi connectivity index (χ1n) is 5.77. The third-order valence-corrected chi connectivity index (χ3v) is 4.37. The van der Waals surface area contributed by atoms with E-state index in [1.807, 2.05) is 0 Å². The van der Waals surface area contributed by atoms with Crippen molar-refractivity contribution in [3.63, 3.8) is 0 Å². The Morgan fingerprint density at radius 3 is 2.70 bits per heavy atom. The van der Waals surface area contributed by atoms with Gasteiger partial charge in [-0.3, -0.25) is 4.21 Å². The van der Waals surface area contributed by atoms with Crippen LogP contribution in [0, 0.1) is 5.82 Å². The van der Waals surface area contributed by atoms with Gasteiger partial charge in [0.25, 0.3) is 0 Å². The minimum Gasteiger partial charge on any atom is -0.495 e. The van der Waals surface area contributed by atoms with Crippen molar-refractivity contribution in [2.75, 3.05) is 12.8 Å². The van der Waals surface area contributed by atoms with Gasteiger partial charge in [0, 0.05) is 22.3 Å². The van der Waals surface area contributed by atoms with Crippen LogP contribution < -0.4 is 10.5 Å². The van der Waals surface area contributed by atoms with E-state index in [0.717, 1.165) is 0 Å². The first-order valence-corrected chi connectivity index (χ1v) is 7.46. The van der Waals surface area contributed by atoms with E-state index in [1.165, 1.54) is 19.2 Å². The first-order chi connectivity index (χ1) is 9.51. The molecule has 0 radical (unpaired) electrons. The highest BCUT2D eigenvalue weighted by atomic mass is 35.5. The lowest BCUT2D eigenvalue weighted by Gasteiger charge is -2.09. The van der Waals surface area contributed by atoms with Crippen LogP contribution in [0.5, 0.6) is 5.75 Å². The maximum Gasteiger partial charge on any atom is 0.137 e. The van der Waals surface area contributed by atoms with Crippen molar-refractivity contribution in [2.24, 2.45) is 0 Å². The monoisotopic (exact) mass is 313 g/mol. The van der Waals surface area contributed by atoms with Gasteiger partial charge >= 0.3 is 0 Å². The molecule has 0 spiro atoms. The average Bonchev–Trinajstić information content (AvgIpc) is 2.41. The van der Waals surface area contributed by atoms with E-state index in [1.54, 1.807) is 24.3 Å². The van der Waals surface area contributed by atoms with Gasteiger partial charge in [-0.2, -0.15) is 0 Å². The summed E-state index contributed by atoms with van der Waals surface area (Å²) in [6, 6.07) is 9.14. The SMILES string of the molecule is COc1cc(N)ccc1S(=O)Cc1ccc(Cl)cc1F. The zero-order chi connectivity index (χ0) is 14.7. The Morgan fingerprint density at radius 1 is 1.30 bits per heavy atom. The molecule has 0 aromatic heterocycles. The molecule has 0 bridgehead atoms. The smallest absolute Gasteiger partial charge is 0.137 e. The fourth-order valence-corrected chi connectivity index (χ4v) is 3.15. The Hall–Kier alpha value is -1.59. The standard InChI is InChI=1S/C14H13ClFNO2S/c1-19-13-7-11(17)4-5-14(13)20(18)8-9-2-3-10(15)6-12(9)16/h2-7H,8,17H2,1H3. The van der Waals surface area contributed by atoms with Gasteiger partial charge in [0.2, 0.25) is 0 Å². The fraction of sp³-hybridized carbons (Fsp3) is 0.143. The summed E-state index contributed by atoms with van der Waals surface area (Å²) in [6.45, 7) is 0. The van der Waals surface area contributed by atoms with Crippen LogP contribution in [0.1, 0.15) is 5.56 Å². The maximum absolute atomic E-state index is 13.7. The zero-order valence-electron chi connectivity index (χ0n) is 10.7. The zero-order valence-corrected chi connectivity index (χ0v) is 12.3. The van der Waals surface area contributed by atoms with Crippen molar-refractivity contribution in [1.82, 2.24) is 0 Å². The molecule has 2 aromatic rings. The van der Waals surface area contributed by atoms with Gasteiger partial charge in [0.1, 0.15) is 11.6 Å². The second-order valence-electron chi connectivity index (χ2n) is 4.14. The van der Waals surface area contributed by atoms with E-state index in [4.69, 9.17) is 22.1 Å². The predicted octanol–water partition coefficient (Wildman–Crippen LogP) is 3.38. The molecule has 0 aliphatic heterocycles. The minimum atomic E-state index is -1.43. The van der Waals surface area contributed by atoms with Crippen LogP contribution in [0.2, 0.25) is 5.02 Å². The third-order valence-electron chi connectivity index (χ3n) is 2.73. The summed E-state index contributed by atoms with van der Waals surface area (Å²) in [5, 5.41) is 0.307. The summed E-state index contributed by atoms with van der Waals surface area (Å²) in [4.78, 5) is 0.482. The maximum atomic E-state index is 13.7. The molecule has 2 N–H and O–H groups in total. The molecule has 0 aliphatic carbocycles. The van der Waals surface area contributed by atoms with Gasteiger partial charge in [0.15, 0.2) is 0 Å². The van der Waals surface area contributed by atoms with Crippen LogP contribution >= 0.6 is 11.6 Å². The molecule has 0 fully saturated rings. The lowest BCUT2D eigenvalue weighted by Crippen LogP contribution is -2.02. The van der Waals surface area contributed by atoms with Gasteiger partial charge < -0.3 is 10.5 Å². The second-order valence-corrected chi connectivity index (χ2v) is 5.99. The van der Waals surface area contributed by atoms with Crippen molar-refractivity contribution < 1.29 is 13.3 Å². The fourth-order valence-electron chi connectivity index (χ4n) is 1.73. The number of methoxy groups -OCH3 is 1. The summed E-state index contributed by atoms with van der Waals surface area (Å²) < 4.78 is 31.2. The molecule has 0 aliphatic rings. The number of rotatable bonds is 4. The van der Waals surface area contributed by atoms with Crippen LogP contribution in [-0.2, 0) is 16.6 Å². The molecular weight excluding hydrogens is 301 g/mol. The predicted molar refractivity (Wildman–Crippen MR) is 78.9 cm³/mol. The summed E-state index contributed by atoms with van der Waals surface area (Å²) >= 11 is 5.69. The Balaban J connectivity index is 2.28. The van der Waals surface area contributed by atoms with Gasteiger partial charge in [0.05, 0.1) is 28.6 Å². The molecule has 2 aromatic carbocycles. The highest BCUT2D eigenvalue weighted by Crippen LogP contribution is 2.27. The highest BCUT2D eigenvalue weighted by molar-refractivity contribution is 7.84. The number of hydrogen-bond donors (Lipinski definition) is 1. The van der Waals surface area contributed by atoms with E-state index < -0.39 is 16.6 Å². The van der Waals surface area contributed by atoms with Crippen LogP contribution in [0.15, 0.2) is 41.3 Å². The van der Waals surface area contributed by atoms with E-state index in [-0.39, 0.29) is 5.75 Å². The summed E-state index contributed by atoms with van der Waals surface area (Å²) in [7, 11) is 0.0360. The normalized spacial score (nSPS) is 12.2. The average molecular weight is 314 g/mol. The van der Waals surface area contributed by atoms with Crippen molar-refractivity contribution >= 4 is 28.1 Å². The topological polar surface area (TPSA) is 52.3 Å². The molecule has 0 amide bonds. The summed E-state index contributed by atoms with van der Waals surface area (Å²) in [5.74, 6) is 0.00137. The molecule has 6 heteroatoms. The van der Waals surface area contributed by atoms with Gasteiger partial charge in [-0.15, -0.1) is 0 Å². The number of nitrogens with two attached hydrogens (primary N) is 1. The molecule has 2 rings (SSSR count). The Labute approximate surface area is 124 Å². The number of anilines is 1. The molecule has 0 heterocycles. The van der Waals surface area contributed by atoms with Crippen LogP contribution in [0.3, 0.4) is 0 Å². The molecule has 1 unspecified atom stereocenters. The van der Waals surface area contributed by atoms with E-state index in [9.17, 15) is 8.60 Å². The largest absolute Gasteiger partial charge is 0.495 e. The van der Waals surface area contributed by atoms with E-state index in [2.05, 4.69) is 0 Å². The molecule has 20 heavy (non-hydrogen) atoms. The Bertz CT molecular complexity index is 664. The molecule has 106 valence electrons. The van der Waals surface area contributed by atoms with Crippen molar-refractivity contribution in [3.05, 3.63) is 52.8 Å². The van der Waals surface area contributed by atoms with Gasteiger partial charge in [-0.05, 0) is 24.3 Å². The van der Waals surface area contributed by atoms with Crippen LogP contribution in [-0.4, -0.2) is 11.3 Å². The van der Waals surface area contributed by atoms with Crippen LogP contribution in [0.4, 0.5) is 10.1 Å². The minimum absolute atomic E-state index is 0.0449. The Morgan fingerprint density at radius 2 is 2.05 bits per heavy atom. The summed E-state index contributed by atoms with van der Waals surface area (Å²) in [5.41, 5.74) is 6.50. The van der Waals surface area contributed by atoms with Crippen molar-refractivity contribution in [1.29, 1.82) is 0 Å². The van der Waals surface area contributed by atoms with E-state index in [0.29, 0.717) is 26.9 Å². The molecule has 0 saturated heterocycles. The van der Waals surface area contributed by atoms with Crippen molar-refractivity contribution in [2.45, 2.75) is 10.6 Å². The lowest BCUT2D eigenvalue weighted by atomic mass is 10.2. The quantitative estimate of drug-likeness (QED) is 0.880. The molecule has 3 nitrogen and oxygen atoms in total.